The summed E-state index contributed by atoms with van der Waals surface area (Å²) in [7, 11) is 2.21. The van der Waals surface area contributed by atoms with Crippen LogP contribution in [0.5, 0.6) is 5.75 Å². The van der Waals surface area contributed by atoms with Crippen molar-refractivity contribution >= 4 is 0 Å². The maximum absolute atomic E-state index is 5.46. The topological polar surface area (TPSA) is 24.5 Å². The molecule has 0 bridgehead atoms. The van der Waals surface area contributed by atoms with Crippen molar-refractivity contribution in [2.24, 2.45) is 0 Å². The highest BCUT2D eigenvalue weighted by Gasteiger charge is 2.25. The summed E-state index contributed by atoms with van der Waals surface area (Å²) in [6, 6.07) is 9.09. The highest BCUT2D eigenvalue weighted by molar-refractivity contribution is 5.27. The van der Waals surface area contributed by atoms with Crippen LogP contribution in [0.15, 0.2) is 36.9 Å². The Kier molecular flexibility index (Phi) is 5.43. The molecule has 3 nitrogen and oxygen atoms in total. The van der Waals surface area contributed by atoms with Crippen molar-refractivity contribution < 1.29 is 4.74 Å². The second kappa shape index (κ2) is 7.31. The quantitative estimate of drug-likeness (QED) is 0.545. The third kappa shape index (κ3) is 5.05. The highest BCUT2D eigenvalue weighted by Crippen LogP contribution is 2.24. The molecule has 0 atom stereocenters. The lowest BCUT2D eigenvalue weighted by atomic mass is 10.2. The normalized spacial score (nSPS) is 14.6. The molecule has 1 N–H and O–H groups in total. The first-order valence-corrected chi connectivity index (χ1v) is 7.03. The number of nitrogens with one attached hydrogen (secondary N) is 1. The van der Waals surface area contributed by atoms with Crippen LogP contribution in [0, 0.1) is 0 Å². The SMILES string of the molecule is C=CCOc1ccc(CNCCN(C)C2CC2)cc1. The van der Waals surface area contributed by atoms with E-state index in [2.05, 4.69) is 36.0 Å². The zero-order valence-electron chi connectivity index (χ0n) is 11.8. The molecule has 1 aliphatic rings. The van der Waals surface area contributed by atoms with Crippen molar-refractivity contribution in [3.8, 4) is 5.75 Å². The van der Waals surface area contributed by atoms with Crippen LogP contribution in [0.1, 0.15) is 18.4 Å². The minimum Gasteiger partial charge on any atom is -0.490 e. The van der Waals surface area contributed by atoms with E-state index < -0.39 is 0 Å². The molecule has 0 aromatic heterocycles. The van der Waals surface area contributed by atoms with Gasteiger partial charge in [0.15, 0.2) is 0 Å². The van der Waals surface area contributed by atoms with Crippen LogP contribution in [0.2, 0.25) is 0 Å². The largest absolute Gasteiger partial charge is 0.490 e. The van der Waals surface area contributed by atoms with Crippen LogP contribution in [0.3, 0.4) is 0 Å². The van der Waals surface area contributed by atoms with E-state index in [9.17, 15) is 0 Å². The molecule has 0 unspecified atom stereocenters. The summed E-state index contributed by atoms with van der Waals surface area (Å²) in [5, 5.41) is 3.48. The van der Waals surface area contributed by atoms with Gasteiger partial charge in [-0.3, -0.25) is 0 Å². The second-order valence-corrected chi connectivity index (χ2v) is 5.13. The molecule has 1 fully saturated rings. The van der Waals surface area contributed by atoms with Gasteiger partial charge in [0.2, 0.25) is 0 Å². The van der Waals surface area contributed by atoms with Gasteiger partial charge < -0.3 is 15.0 Å². The fourth-order valence-electron chi connectivity index (χ4n) is 2.04. The molecule has 1 aromatic carbocycles. The third-order valence-electron chi connectivity index (χ3n) is 3.43. The molecule has 0 saturated heterocycles. The van der Waals surface area contributed by atoms with E-state index in [4.69, 9.17) is 4.74 Å². The van der Waals surface area contributed by atoms with Gasteiger partial charge in [-0.25, -0.2) is 0 Å². The number of hydrogen-bond donors (Lipinski definition) is 1. The Morgan fingerprint density at radius 1 is 1.37 bits per heavy atom. The predicted molar refractivity (Wildman–Crippen MR) is 79.5 cm³/mol. The lowest BCUT2D eigenvalue weighted by molar-refractivity contribution is 0.321. The van der Waals surface area contributed by atoms with Gasteiger partial charge in [0.25, 0.3) is 0 Å². The molecule has 2 rings (SSSR count). The monoisotopic (exact) mass is 260 g/mol. The van der Waals surface area contributed by atoms with Gasteiger partial charge in [0.05, 0.1) is 0 Å². The van der Waals surface area contributed by atoms with Gasteiger partial charge in [-0.1, -0.05) is 24.8 Å². The van der Waals surface area contributed by atoms with Crippen molar-refractivity contribution in [2.75, 3.05) is 26.7 Å². The fraction of sp³-hybridized carbons (Fsp3) is 0.500. The highest BCUT2D eigenvalue weighted by atomic mass is 16.5. The second-order valence-electron chi connectivity index (χ2n) is 5.13. The maximum atomic E-state index is 5.46. The average molecular weight is 260 g/mol. The number of rotatable bonds is 9. The van der Waals surface area contributed by atoms with Gasteiger partial charge in [-0.2, -0.15) is 0 Å². The molecular formula is C16H24N2O. The zero-order chi connectivity index (χ0) is 13.5. The molecule has 0 spiro atoms. The smallest absolute Gasteiger partial charge is 0.119 e. The van der Waals surface area contributed by atoms with E-state index >= 15 is 0 Å². The fourth-order valence-corrected chi connectivity index (χ4v) is 2.04. The molecule has 0 radical (unpaired) electrons. The number of likely N-dealkylation sites (N-methyl/N-ethyl adjacent to an activating group) is 1. The summed E-state index contributed by atoms with van der Waals surface area (Å²) in [6.07, 6.45) is 4.51. The summed E-state index contributed by atoms with van der Waals surface area (Å²) in [5.74, 6) is 0.900. The lowest BCUT2D eigenvalue weighted by Crippen LogP contribution is -2.30. The molecule has 19 heavy (non-hydrogen) atoms. The lowest BCUT2D eigenvalue weighted by Gasteiger charge is -2.15. The van der Waals surface area contributed by atoms with E-state index in [-0.39, 0.29) is 0 Å². The number of benzene rings is 1. The number of nitrogens with zero attached hydrogens (tertiary/aromatic N) is 1. The Balaban J connectivity index is 1.63. The van der Waals surface area contributed by atoms with E-state index in [0.29, 0.717) is 6.61 Å². The van der Waals surface area contributed by atoms with Crippen molar-refractivity contribution in [1.82, 2.24) is 10.2 Å². The molecule has 0 aliphatic heterocycles. The summed E-state index contributed by atoms with van der Waals surface area (Å²) >= 11 is 0. The van der Waals surface area contributed by atoms with E-state index in [1.807, 2.05) is 12.1 Å². The predicted octanol–water partition coefficient (Wildman–Crippen LogP) is 2.44. The van der Waals surface area contributed by atoms with Gasteiger partial charge in [0, 0.05) is 25.7 Å². The van der Waals surface area contributed by atoms with Gasteiger partial charge >= 0.3 is 0 Å². The Morgan fingerprint density at radius 3 is 2.74 bits per heavy atom. The van der Waals surface area contributed by atoms with Crippen LogP contribution >= 0.6 is 0 Å². The third-order valence-corrected chi connectivity index (χ3v) is 3.43. The molecule has 104 valence electrons. The standard InChI is InChI=1S/C16H24N2O/c1-3-12-19-16-8-4-14(5-9-16)13-17-10-11-18(2)15-6-7-15/h3-5,8-9,15,17H,1,6-7,10-13H2,2H3. The minimum atomic E-state index is 0.561. The average Bonchev–Trinajstić information content (AvgIpc) is 3.27. The van der Waals surface area contributed by atoms with Gasteiger partial charge in [-0.05, 0) is 37.6 Å². The van der Waals surface area contributed by atoms with E-state index in [1.54, 1.807) is 6.08 Å². The first kappa shape index (κ1) is 14.1. The van der Waals surface area contributed by atoms with Crippen molar-refractivity contribution in [3.05, 3.63) is 42.5 Å². The zero-order valence-corrected chi connectivity index (χ0v) is 11.8. The van der Waals surface area contributed by atoms with Crippen LogP contribution in [-0.2, 0) is 6.54 Å². The Hall–Kier alpha value is -1.32. The Bertz CT molecular complexity index is 384. The van der Waals surface area contributed by atoms with Crippen LogP contribution in [0.4, 0.5) is 0 Å². The first-order chi connectivity index (χ1) is 9.29. The summed E-state index contributed by atoms with van der Waals surface area (Å²) in [5.41, 5.74) is 1.29. The van der Waals surface area contributed by atoms with Crippen molar-refractivity contribution in [3.63, 3.8) is 0 Å². The molecule has 0 amide bonds. The number of hydrogen-bond acceptors (Lipinski definition) is 3. The molecule has 1 aromatic rings. The Morgan fingerprint density at radius 2 is 2.11 bits per heavy atom. The first-order valence-electron chi connectivity index (χ1n) is 7.03. The molecule has 3 heteroatoms. The van der Waals surface area contributed by atoms with Crippen LogP contribution < -0.4 is 10.1 Å². The maximum Gasteiger partial charge on any atom is 0.119 e. The van der Waals surface area contributed by atoms with Crippen LogP contribution in [0.25, 0.3) is 0 Å². The minimum absolute atomic E-state index is 0.561. The number of ether oxygens (including phenoxy) is 1. The van der Waals surface area contributed by atoms with Crippen LogP contribution in [-0.4, -0.2) is 37.7 Å². The summed E-state index contributed by atoms with van der Waals surface area (Å²) in [4.78, 5) is 2.44. The van der Waals surface area contributed by atoms with Crippen molar-refractivity contribution in [1.29, 1.82) is 0 Å². The molecule has 0 heterocycles. The Labute approximate surface area is 116 Å². The molecular weight excluding hydrogens is 236 g/mol. The van der Waals surface area contributed by atoms with Crippen molar-refractivity contribution in [2.45, 2.75) is 25.4 Å². The molecule has 1 saturated carbocycles. The summed E-state index contributed by atoms with van der Waals surface area (Å²) in [6.45, 7) is 7.29. The van der Waals surface area contributed by atoms with E-state index in [0.717, 1.165) is 31.4 Å². The molecule has 1 aliphatic carbocycles. The van der Waals surface area contributed by atoms with Gasteiger partial charge in [0.1, 0.15) is 12.4 Å². The van der Waals surface area contributed by atoms with E-state index in [1.165, 1.54) is 18.4 Å². The van der Waals surface area contributed by atoms with Gasteiger partial charge in [-0.15, -0.1) is 0 Å². The summed E-state index contributed by atoms with van der Waals surface area (Å²) < 4.78 is 5.46.